The van der Waals surface area contributed by atoms with Crippen LogP contribution >= 0.6 is 0 Å². The van der Waals surface area contributed by atoms with Gasteiger partial charge in [0, 0.05) is 25.7 Å². The molecule has 3 heteroatoms. The molecule has 15 heavy (non-hydrogen) atoms. The van der Waals surface area contributed by atoms with Gasteiger partial charge in [0.25, 0.3) is 0 Å². The van der Waals surface area contributed by atoms with Gasteiger partial charge in [-0.15, -0.1) is 0 Å². The first-order valence-electron chi connectivity index (χ1n) is 5.64. The summed E-state index contributed by atoms with van der Waals surface area (Å²) >= 11 is 0. The lowest BCUT2D eigenvalue weighted by Gasteiger charge is -2.20. The summed E-state index contributed by atoms with van der Waals surface area (Å²) in [6.45, 7) is 4.02. The van der Waals surface area contributed by atoms with Crippen LogP contribution in [0.4, 0.5) is 5.82 Å². The molecule has 0 spiro atoms. The zero-order valence-corrected chi connectivity index (χ0v) is 9.19. The third kappa shape index (κ3) is 2.48. The van der Waals surface area contributed by atoms with E-state index in [1.165, 1.54) is 12.8 Å². The number of nitrogens with zero attached hydrogens (tertiary/aromatic N) is 2. The number of rotatable bonds is 3. The van der Waals surface area contributed by atoms with E-state index < -0.39 is 0 Å². The van der Waals surface area contributed by atoms with Crippen molar-refractivity contribution in [2.45, 2.75) is 32.3 Å². The molecule has 1 unspecified atom stereocenters. The Morgan fingerprint density at radius 1 is 1.47 bits per heavy atom. The summed E-state index contributed by atoms with van der Waals surface area (Å²) in [6, 6.07) is 4.00. The van der Waals surface area contributed by atoms with Crippen LogP contribution in [0.5, 0.6) is 0 Å². The SMILES string of the molecule is CC(O)Cc1cccnc1N1CCCC1. The monoisotopic (exact) mass is 206 g/mol. The predicted octanol–water partition coefficient (Wildman–Crippen LogP) is 1.61. The van der Waals surface area contributed by atoms with Gasteiger partial charge in [0.2, 0.25) is 0 Å². The minimum atomic E-state index is -0.296. The zero-order chi connectivity index (χ0) is 10.7. The average Bonchev–Trinajstić information content (AvgIpc) is 2.70. The topological polar surface area (TPSA) is 36.4 Å². The van der Waals surface area contributed by atoms with Crippen LogP contribution in [0.2, 0.25) is 0 Å². The Labute approximate surface area is 90.8 Å². The molecule has 0 aromatic carbocycles. The third-order valence-corrected chi connectivity index (χ3v) is 2.79. The summed E-state index contributed by atoms with van der Waals surface area (Å²) in [7, 11) is 0. The highest BCUT2D eigenvalue weighted by atomic mass is 16.3. The molecule has 0 saturated carbocycles. The maximum absolute atomic E-state index is 9.43. The minimum absolute atomic E-state index is 0.296. The molecule has 2 heterocycles. The van der Waals surface area contributed by atoms with Crippen molar-refractivity contribution in [2.24, 2.45) is 0 Å². The Bertz CT molecular complexity index is 319. The molecular formula is C12H18N2O. The van der Waals surface area contributed by atoms with Gasteiger partial charge in [0.15, 0.2) is 0 Å². The Hall–Kier alpha value is -1.09. The van der Waals surface area contributed by atoms with E-state index >= 15 is 0 Å². The van der Waals surface area contributed by atoms with E-state index in [1.807, 2.05) is 19.2 Å². The fourth-order valence-electron chi connectivity index (χ4n) is 2.12. The standard InChI is InChI=1S/C12H18N2O/c1-10(15)9-11-5-4-6-13-12(11)14-7-2-3-8-14/h4-6,10,15H,2-3,7-9H2,1H3. The summed E-state index contributed by atoms with van der Waals surface area (Å²) < 4.78 is 0. The number of aromatic nitrogens is 1. The molecule has 0 radical (unpaired) electrons. The summed E-state index contributed by atoms with van der Waals surface area (Å²) in [5.41, 5.74) is 1.16. The highest BCUT2D eigenvalue weighted by molar-refractivity contribution is 5.47. The van der Waals surface area contributed by atoms with Crippen molar-refractivity contribution in [3.63, 3.8) is 0 Å². The molecule has 82 valence electrons. The fourth-order valence-corrected chi connectivity index (χ4v) is 2.12. The molecule has 0 bridgehead atoms. The molecular weight excluding hydrogens is 188 g/mol. The number of aliphatic hydroxyl groups excluding tert-OH is 1. The number of aliphatic hydroxyl groups is 1. The molecule has 1 N–H and O–H groups in total. The Morgan fingerprint density at radius 2 is 2.20 bits per heavy atom. The Kier molecular flexibility index (Phi) is 3.21. The quantitative estimate of drug-likeness (QED) is 0.816. The number of hydrogen-bond acceptors (Lipinski definition) is 3. The van der Waals surface area contributed by atoms with E-state index in [1.54, 1.807) is 0 Å². The van der Waals surface area contributed by atoms with Gasteiger partial charge >= 0.3 is 0 Å². The molecule has 2 rings (SSSR count). The summed E-state index contributed by atoms with van der Waals surface area (Å²) in [4.78, 5) is 6.75. The van der Waals surface area contributed by atoms with Crippen molar-refractivity contribution in [3.05, 3.63) is 23.9 Å². The van der Waals surface area contributed by atoms with E-state index in [9.17, 15) is 5.11 Å². The van der Waals surface area contributed by atoms with E-state index in [0.29, 0.717) is 6.42 Å². The van der Waals surface area contributed by atoms with Crippen LogP contribution < -0.4 is 4.90 Å². The zero-order valence-electron chi connectivity index (χ0n) is 9.19. The molecule has 0 aliphatic carbocycles. The van der Waals surface area contributed by atoms with E-state index in [0.717, 1.165) is 24.5 Å². The number of anilines is 1. The maximum Gasteiger partial charge on any atom is 0.131 e. The predicted molar refractivity (Wildman–Crippen MR) is 61.1 cm³/mol. The van der Waals surface area contributed by atoms with Crippen LogP contribution in [0.15, 0.2) is 18.3 Å². The van der Waals surface area contributed by atoms with Crippen molar-refractivity contribution in [1.29, 1.82) is 0 Å². The normalized spacial score (nSPS) is 18.1. The van der Waals surface area contributed by atoms with Crippen LogP contribution in [0.1, 0.15) is 25.3 Å². The lowest BCUT2D eigenvalue weighted by Crippen LogP contribution is -2.21. The molecule has 1 aromatic rings. The molecule has 1 aliphatic heterocycles. The molecule has 1 atom stereocenters. The molecule has 1 fully saturated rings. The van der Waals surface area contributed by atoms with Gasteiger partial charge in [-0.3, -0.25) is 0 Å². The van der Waals surface area contributed by atoms with Crippen LogP contribution in [0, 0.1) is 0 Å². The van der Waals surface area contributed by atoms with Crippen LogP contribution in [-0.4, -0.2) is 29.3 Å². The molecule has 1 aromatic heterocycles. The highest BCUT2D eigenvalue weighted by Crippen LogP contribution is 2.22. The first-order chi connectivity index (χ1) is 7.27. The molecule has 1 saturated heterocycles. The van der Waals surface area contributed by atoms with Gasteiger partial charge in [-0.25, -0.2) is 4.98 Å². The van der Waals surface area contributed by atoms with Gasteiger partial charge in [-0.1, -0.05) is 6.07 Å². The van der Waals surface area contributed by atoms with E-state index in [-0.39, 0.29) is 6.10 Å². The van der Waals surface area contributed by atoms with E-state index in [2.05, 4.69) is 16.0 Å². The van der Waals surface area contributed by atoms with Crippen molar-refractivity contribution in [1.82, 2.24) is 4.98 Å². The van der Waals surface area contributed by atoms with Crippen LogP contribution in [-0.2, 0) is 6.42 Å². The second-order valence-electron chi connectivity index (χ2n) is 4.23. The number of hydrogen-bond donors (Lipinski definition) is 1. The van der Waals surface area contributed by atoms with Gasteiger partial charge in [-0.05, 0) is 31.4 Å². The van der Waals surface area contributed by atoms with Gasteiger partial charge in [0.05, 0.1) is 6.10 Å². The second kappa shape index (κ2) is 4.62. The summed E-state index contributed by atoms with van der Waals surface area (Å²) in [5.74, 6) is 1.07. The van der Waals surface area contributed by atoms with Gasteiger partial charge in [0.1, 0.15) is 5.82 Å². The summed E-state index contributed by atoms with van der Waals surface area (Å²) in [6.07, 6.45) is 4.74. The van der Waals surface area contributed by atoms with Crippen molar-refractivity contribution in [3.8, 4) is 0 Å². The van der Waals surface area contributed by atoms with E-state index in [4.69, 9.17) is 0 Å². The smallest absolute Gasteiger partial charge is 0.131 e. The Morgan fingerprint density at radius 3 is 2.87 bits per heavy atom. The summed E-state index contributed by atoms with van der Waals surface area (Å²) in [5, 5.41) is 9.43. The second-order valence-corrected chi connectivity index (χ2v) is 4.23. The van der Waals surface area contributed by atoms with Gasteiger partial charge in [-0.2, -0.15) is 0 Å². The van der Waals surface area contributed by atoms with Gasteiger partial charge < -0.3 is 10.0 Å². The molecule has 3 nitrogen and oxygen atoms in total. The minimum Gasteiger partial charge on any atom is -0.393 e. The molecule has 1 aliphatic rings. The van der Waals surface area contributed by atoms with Crippen LogP contribution in [0.3, 0.4) is 0 Å². The third-order valence-electron chi connectivity index (χ3n) is 2.79. The lowest BCUT2D eigenvalue weighted by atomic mass is 10.1. The first-order valence-corrected chi connectivity index (χ1v) is 5.64. The molecule has 0 amide bonds. The fraction of sp³-hybridized carbons (Fsp3) is 0.583. The van der Waals surface area contributed by atoms with Crippen molar-refractivity contribution in [2.75, 3.05) is 18.0 Å². The van der Waals surface area contributed by atoms with Crippen molar-refractivity contribution >= 4 is 5.82 Å². The number of pyridine rings is 1. The van der Waals surface area contributed by atoms with Crippen molar-refractivity contribution < 1.29 is 5.11 Å². The lowest BCUT2D eigenvalue weighted by molar-refractivity contribution is 0.195. The first kappa shape index (κ1) is 10.4. The Balaban J connectivity index is 2.20. The largest absolute Gasteiger partial charge is 0.393 e. The average molecular weight is 206 g/mol. The maximum atomic E-state index is 9.43. The van der Waals surface area contributed by atoms with Crippen LogP contribution in [0.25, 0.3) is 0 Å². The highest BCUT2D eigenvalue weighted by Gasteiger charge is 2.17.